The molecule has 1 aliphatic rings. The minimum Gasteiger partial charge on any atom is -0.463 e. The van der Waals surface area contributed by atoms with Crippen LogP contribution in [0.5, 0.6) is 0 Å². The molecular weight excluding hydrogens is 260 g/mol. The van der Waals surface area contributed by atoms with Gasteiger partial charge in [0.05, 0.1) is 6.04 Å². The second kappa shape index (κ2) is 6.16. The molecule has 1 heterocycles. The minimum atomic E-state index is -1.33. The van der Waals surface area contributed by atoms with E-state index in [1.807, 2.05) is 0 Å². The smallest absolute Gasteiger partial charge is 0.433 e. The third-order valence-electron chi connectivity index (χ3n) is 3.07. The monoisotopic (exact) mass is 276 g/mol. The zero-order chi connectivity index (χ0) is 14.5. The van der Waals surface area contributed by atoms with E-state index in [0.717, 1.165) is 18.5 Å². The van der Waals surface area contributed by atoms with Crippen molar-refractivity contribution in [2.75, 3.05) is 6.54 Å². The van der Waals surface area contributed by atoms with Crippen LogP contribution < -0.4 is 16.4 Å². The number of carbonyl (C=O) groups is 2. The molecule has 1 aromatic rings. The molecule has 2 amide bonds. The number of amidine groups is 1. The van der Waals surface area contributed by atoms with Gasteiger partial charge in [-0.05, 0) is 18.5 Å². The van der Waals surface area contributed by atoms with Crippen LogP contribution in [0, 0.1) is 0 Å². The summed E-state index contributed by atoms with van der Waals surface area (Å²) < 4.78 is 0. The van der Waals surface area contributed by atoms with Crippen LogP contribution in [-0.2, 0) is 11.3 Å². The second-order valence-electron chi connectivity index (χ2n) is 4.49. The summed E-state index contributed by atoms with van der Waals surface area (Å²) in [6.45, 7) is 1.31. The largest absolute Gasteiger partial charge is 0.463 e. The Labute approximate surface area is 115 Å². The maximum absolute atomic E-state index is 11.6. The Hall–Kier alpha value is -2.41. The fourth-order valence-electron chi connectivity index (χ4n) is 1.79. The predicted octanol–water partition coefficient (Wildman–Crippen LogP) is 0.0480. The van der Waals surface area contributed by atoms with E-state index in [-0.39, 0.29) is 17.8 Å². The summed E-state index contributed by atoms with van der Waals surface area (Å²) in [6.07, 6.45) is -0.459. The maximum Gasteiger partial charge on any atom is 0.433 e. The van der Waals surface area contributed by atoms with Crippen molar-refractivity contribution in [3.63, 3.8) is 0 Å². The van der Waals surface area contributed by atoms with Crippen molar-refractivity contribution < 1.29 is 14.7 Å². The highest BCUT2D eigenvalue weighted by Gasteiger charge is 2.23. The van der Waals surface area contributed by atoms with Crippen LogP contribution in [0.25, 0.3) is 0 Å². The van der Waals surface area contributed by atoms with Gasteiger partial charge in [0.1, 0.15) is 5.84 Å². The highest BCUT2D eigenvalue weighted by atomic mass is 16.4. The Kier molecular flexibility index (Phi) is 4.31. The molecule has 1 aliphatic heterocycles. The van der Waals surface area contributed by atoms with Crippen LogP contribution >= 0.6 is 0 Å². The topological polar surface area (TPSA) is 117 Å². The van der Waals surface area contributed by atoms with E-state index in [4.69, 9.17) is 10.8 Å². The molecular formula is C13H16N4O3. The number of carbonyl (C=O) groups excluding carboxylic acids is 1. The van der Waals surface area contributed by atoms with Crippen molar-refractivity contribution in [1.82, 2.24) is 10.6 Å². The van der Waals surface area contributed by atoms with E-state index in [2.05, 4.69) is 15.6 Å². The van der Waals surface area contributed by atoms with Gasteiger partial charge in [0.2, 0.25) is 5.91 Å². The Morgan fingerprint density at radius 1 is 1.40 bits per heavy atom. The summed E-state index contributed by atoms with van der Waals surface area (Å²) in [7, 11) is 0. The van der Waals surface area contributed by atoms with Gasteiger partial charge in [0, 0.05) is 12.1 Å². The molecule has 0 bridgehead atoms. The van der Waals surface area contributed by atoms with Gasteiger partial charge in [-0.2, -0.15) is 4.99 Å². The molecule has 0 aromatic heterocycles. The molecule has 7 nitrogen and oxygen atoms in total. The number of hydrogen-bond donors (Lipinski definition) is 4. The van der Waals surface area contributed by atoms with E-state index in [1.54, 1.807) is 24.3 Å². The standard InChI is InChI=1S/C13H16N4O3/c14-11(17-13(19)20)9-3-1-8(2-4-9)7-16-12(18)10-5-6-15-10/h1-4,10,15H,5-7H2,(H2,14,17)(H,16,18)(H,19,20)/t10-/m0/s1. The number of nitrogens with one attached hydrogen (secondary N) is 2. The molecule has 0 saturated carbocycles. The molecule has 0 unspecified atom stereocenters. The average molecular weight is 276 g/mol. The van der Waals surface area contributed by atoms with Crippen molar-refractivity contribution in [2.45, 2.75) is 19.0 Å². The molecule has 1 atom stereocenters. The summed E-state index contributed by atoms with van der Waals surface area (Å²) >= 11 is 0. The number of benzene rings is 1. The average Bonchev–Trinajstić information content (AvgIpc) is 2.34. The van der Waals surface area contributed by atoms with Crippen molar-refractivity contribution in [1.29, 1.82) is 0 Å². The lowest BCUT2D eigenvalue weighted by molar-refractivity contribution is -0.124. The molecule has 106 valence electrons. The number of nitrogens with two attached hydrogens (primary N) is 1. The number of aliphatic imine (C=N–C) groups is 1. The molecule has 5 N–H and O–H groups in total. The first-order valence-electron chi connectivity index (χ1n) is 6.24. The lowest BCUT2D eigenvalue weighted by atomic mass is 10.1. The molecule has 0 aliphatic carbocycles. The highest BCUT2D eigenvalue weighted by Crippen LogP contribution is 2.06. The van der Waals surface area contributed by atoms with E-state index >= 15 is 0 Å². The van der Waals surface area contributed by atoms with Crippen molar-refractivity contribution in [3.05, 3.63) is 35.4 Å². The number of rotatable bonds is 4. The Bertz CT molecular complexity index is 535. The minimum absolute atomic E-state index is 0.00715. The lowest BCUT2D eigenvalue weighted by Crippen LogP contribution is -2.52. The van der Waals surface area contributed by atoms with E-state index < -0.39 is 6.09 Å². The van der Waals surface area contributed by atoms with Gasteiger partial charge in [0.15, 0.2) is 0 Å². The number of amides is 2. The highest BCUT2D eigenvalue weighted by molar-refractivity contribution is 6.02. The van der Waals surface area contributed by atoms with Crippen LogP contribution in [0.4, 0.5) is 4.79 Å². The zero-order valence-electron chi connectivity index (χ0n) is 10.8. The van der Waals surface area contributed by atoms with E-state index in [0.29, 0.717) is 12.1 Å². The zero-order valence-corrected chi connectivity index (χ0v) is 10.8. The summed E-state index contributed by atoms with van der Waals surface area (Å²) in [5, 5.41) is 14.4. The first-order chi connectivity index (χ1) is 9.56. The van der Waals surface area contributed by atoms with Crippen LogP contribution in [0.2, 0.25) is 0 Å². The van der Waals surface area contributed by atoms with Gasteiger partial charge in [-0.1, -0.05) is 24.3 Å². The molecule has 0 spiro atoms. The fraction of sp³-hybridized carbons (Fsp3) is 0.308. The van der Waals surface area contributed by atoms with Gasteiger partial charge in [-0.25, -0.2) is 4.79 Å². The van der Waals surface area contributed by atoms with Crippen molar-refractivity contribution in [3.8, 4) is 0 Å². The third kappa shape index (κ3) is 3.55. The summed E-state index contributed by atoms with van der Waals surface area (Å²) in [5.74, 6) is -0.0565. The quantitative estimate of drug-likeness (QED) is 0.458. The van der Waals surface area contributed by atoms with Crippen LogP contribution in [0.15, 0.2) is 29.3 Å². The summed E-state index contributed by atoms with van der Waals surface area (Å²) in [4.78, 5) is 25.2. The SMILES string of the molecule is NC(=NC(=O)O)c1ccc(CNC(=O)[C@@H]2CCN2)cc1. The Morgan fingerprint density at radius 3 is 2.55 bits per heavy atom. The molecule has 1 aromatic carbocycles. The van der Waals surface area contributed by atoms with Gasteiger partial charge >= 0.3 is 6.09 Å². The predicted molar refractivity (Wildman–Crippen MR) is 73.4 cm³/mol. The van der Waals surface area contributed by atoms with Crippen LogP contribution in [0.3, 0.4) is 0 Å². The third-order valence-corrected chi connectivity index (χ3v) is 3.07. The lowest BCUT2D eigenvalue weighted by Gasteiger charge is -2.26. The van der Waals surface area contributed by atoms with Gasteiger partial charge in [-0.15, -0.1) is 0 Å². The summed E-state index contributed by atoms with van der Waals surface area (Å²) in [6, 6.07) is 6.81. The number of nitrogens with zero attached hydrogens (tertiary/aromatic N) is 1. The normalized spacial score (nSPS) is 18.2. The van der Waals surface area contributed by atoms with Crippen LogP contribution in [-0.4, -0.2) is 35.5 Å². The van der Waals surface area contributed by atoms with Crippen LogP contribution in [0.1, 0.15) is 17.5 Å². The first kappa shape index (κ1) is 14.0. The van der Waals surface area contributed by atoms with Crippen molar-refractivity contribution in [2.24, 2.45) is 10.7 Å². The molecule has 0 radical (unpaired) electrons. The van der Waals surface area contributed by atoms with Gasteiger partial charge in [-0.3, -0.25) is 4.79 Å². The van der Waals surface area contributed by atoms with Gasteiger partial charge in [0.25, 0.3) is 0 Å². The first-order valence-corrected chi connectivity index (χ1v) is 6.24. The van der Waals surface area contributed by atoms with Gasteiger partial charge < -0.3 is 21.5 Å². The van der Waals surface area contributed by atoms with Crippen molar-refractivity contribution >= 4 is 17.8 Å². The molecule has 1 fully saturated rings. The van der Waals surface area contributed by atoms with E-state index in [1.165, 1.54) is 0 Å². The molecule has 7 heteroatoms. The molecule has 2 rings (SSSR count). The molecule has 20 heavy (non-hydrogen) atoms. The summed E-state index contributed by atoms with van der Waals surface area (Å²) in [5.41, 5.74) is 6.96. The maximum atomic E-state index is 11.6. The second-order valence-corrected chi connectivity index (χ2v) is 4.49. The Morgan fingerprint density at radius 2 is 2.05 bits per heavy atom. The van der Waals surface area contributed by atoms with E-state index in [9.17, 15) is 9.59 Å². The fourth-order valence-corrected chi connectivity index (χ4v) is 1.79. The number of hydrogen-bond acceptors (Lipinski definition) is 3. The Balaban J connectivity index is 1.91. The number of carboxylic acid groups (broad SMARTS) is 1. The molecule has 1 saturated heterocycles.